The lowest BCUT2D eigenvalue weighted by atomic mass is 10.5. The molecule has 0 saturated heterocycles. The van der Waals surface area contributed by atoms with E-state index in [0.29, 0.717) is 0 Å². The molecule has 4 nitrogen and oxygen atoms in total. The highest BCUT2D eigenvalue weighted by Gasteiger charge is 1.99. The molecule has 0 aromatic carbocycles. The van der Waals surface area contributed by atoms with Crippen LogP contribution in [0.25, 0.3) is 5.82 Å². The number of hydrogen-bond donors (Lipinski definition) is 0. The molecule has 0 saturated carbocycles. The Kier molecular flexibility index (Phi) is 2.35. The van der Waals surface area contributed by atoms with E-state index in [2.05, 4.69) is 31.1 Å². The van der Waals surface area contributed by atoms with Gasteiger partial charge in [-0.2, -0.15) is 5.10 Å². The Labute approximate surface area is 83.8 Å². The van der Waals surface area contributed by atoms with Crippen LogP contribution >= 0.6 is 15.9 Å². The molecule has 0 fully saturated rings. The van der Waals surface area contributed by atoms with Gasteiger partial charge in [0.2, 0.25) is 0 Å². The third-order valence-corrected chi connectivity index (χ3v) is 2.17. The van der Waals surface area contributed by atoms with Gasteiger partial charge in [0.15, 0.2) is 5.82 Å². The molecular formula is C8H7BrN4. The molecule has 2 heterocycles. The van der Waals surface area contributed by atoms with Crippen molar-refractivity contribution in [2.45, 2.75) is 5.33 Å². The average Bonchev–Trinajstić information content (AvgIpc) is 2.67. The molecule has 0 unspecified atom stereocenters. The lowest BCUT2D eigenvalue weighted by molar-refractivity contribution is 0.912. The van der Waals surface area contributed by atoms with Crippen molar-refractivity contribution in [3.8, 4) is 5.82 Å². The maximum atomic E-state index is 4.16. The number of aromatic nitrogens is 4. The first-order valence-electron chi connectivity index (χ1n) is 3.77. The van der Waals surface area contributed by atoms with Gasteiger partial charge in [0.05, 0.1) is 5.69 Å². The Morgan fingerprint density at radius 2 is 2.38 bits per heavy atom. The molecule has 13 heavy (non-hydrogen) atoms. The number of imidazole rings is 1. The fraction of sp³-hybridized carbons (Fsp3) is 0.125. The predicted molar refractivity (Wildman–Crippen MR) is 51.8 cm³/mol. The zero-order chi connectivity index (χ0) is 9.10. The molecule has 2 rings (SSSR count). The van der Waals surface area contributed by atoms with E-state index in [1.165, 1.54) is 0 Å². The van der Waals surface area contributed by atoms with Gasteiger partial charge in [-0.1, -0.05) is 15.9 Å². The maximum absolute atomic E-state index is 4.16. The summed E-state index contributed by atoms with van der Waals surface area (Å²) in [7, 11) is 0. The van der Waals surface area contributed by atoms with E-state index in [1.54, 1.807) is 12.5 Å². The number of hydrogen-bond acceptors (Lipinski definition) is 3. The highest BCUT2D eigenvalue weighted by Crippen LogP contribution is 2.06. The minimum atomic E-state index is 0.750. The largest absolute Gasteiger partial charge is 0.289 e. The predicted octanol–water partition coefficient (Wildman–Crippen LogP) is 1.56. The Hall–Kier alpha value is -1.23. The summed E-state index contributed by atoms with van der Waals surface area (Å²) >= 11 is 3.33. The van der Waals surface area contributed by atoms with Gasteiger partial charge in [-0.15, -0.1) is 5.10 Å². The first kappa shape index (κ1) is 8.37. The Balaban J connectivity index is 2.36. The van der Waals surface area contributed by atoms with Crippen LogP contribution in [-0.4, -0.2) is 19.7 Å². The summed E-state index contributed by atoms with van der Waals surface area (Å²) in [5.41, 5.74) is 0.977. The summed E-state index contributed by atoms with van der Waals surface area (Å²) in [5.74, 6) is 0.780. The molecule has 5 heteroatoms. The first-order chi connectivity index (χ1) is 6.40. The van der Waals surface area contributed by atoms with Crippen molar-refractivity contribution in [3.63, 3.8) is 0 Å². The van der Waals surface area contributed by atoms with E-state index < -0.39 is 0 Å². The summed E-state index contributed by atoms with van der Waals surface area (Å²) in [4.78, 5) is 4.16. The fourth-order valence-electron chi connectivity index (χ4n) is 0.989. The Morgan fingerprint density at radius 1 is 1.46 bits per heavy atom. The first-order valence-corrected chi connectivity index (χ1v) is 4.89. The summed E-state index contributed by atoms with van der Waals surface area (Å²) in [5, 5.41) is 8.49. The summed E-state index contributed by atoms with van der Waals surface area (Å²) in [6.07, 6.45) is 5.28. The van der Waals surface area contributed by atoms with Crippen LogP contribution in [0.3, 0.4) is 0 Å². The molecule has 0 bridgehead atoms. The number of rotatable bonds is 2. The normalized spacial score (nSPS) is 10.2. The molecule has 0 N–H and O–H groups in total. The minimum absolute atomic E-state index is 0.750. The van der Waals surface area contributed by atoms with Gasteiger partial charge in [0.25, 0.3) is 0 Å². The van der Waals surface area contributed by atoms with Crippen LogP contribution in [-0.2, 0) is 5.33 Å². The molecule has 0 aliphatic carbocycles. The van der Waals surface area contributed by atoms with E-state index in [0.717, 1.165) is 16.8 Å². The lowest BCUT2D eigenvalue weighted by Gasteiger charge is -1.96. The van der Waals surface area contributed by atoms with Gasteiger partial charge in [0.1, 0.15) is 6.33 Å². The summed E-state index contributed by atoms with van der Waals surface area (Å²) in [6.45, 7) is 0. The zero-order valence-corrected chi connectivity index (χ0v) is 8.35. The Bertz CT molecular complexity index is 384. The van der Waals surface area contributed by atoms with Crippen LogP contribution in [0.5, 0.6) is 0 Å². The fourth-order valence-corrected chi connectivity index (χ4v) is 1.28. The molecule has 2 aromatic rings. The lowest BCUT2D eigenvalue weighted by Crippen LogP contribution is -1.94. The molecule has 0 spiro atoms. The van der Waals surface area contributed by atoms with Gasteiger partial charge in [-0.05, 0) is 12.1 Å². The quantitative estimate of drug-likeness (QED) is 0.747. The second-order valence-corrected chi connectivity index (χ2v) is 3.05. The minimum Gasteiger partial charge on any atom is -0.289 e. The van der Waals surface area contributed by atoms with Gasteiger partial charge < -0.3 is 0 Å². The van der Waals surface area contributed by atoms with Crippen LogP contribution in [0.15, 0.2) is 30.9 Å². The number of halogens is 1. The van der Waals surface area contributed by atoms with Crippen molar-refractivity contribution in [3.05, 3.63) is 36.5 Å². The monoisotopic (exact) mass is 238 g/mol. The summed E-state index contributed by atoms with van der Waals surface area (Å²) in [6, 6.07) is 3.73. The van der Waals surface area contributed by atoms with Gasteiger partial charge in [-0.3, -0.25) is 4.57 Å². The van der Waals surface area contributed by atoms with E-state index in [1.807, 2.05) is 22.9 Å². The second-order valence-electron chi connectivity index (χ2n) is 2.49. The highest BCUT2D eigenvalue weighted by molar-refractivity contribution is 9.08. The maximum Gasteiger partial charge on any atom is 0.160 e. The zero-order valence-electron chi connectivity index (χ0n) is 6.76. The average molecular weight is 239 g/mol. The van der Waals surface area contributed by atoms with Crippen molar-refractivity contribution < 1.29 is 0 Å². The molecule has 0 atom stereocenters. The smallest absolute Gasteiger partial charge is 0.160 e. The van der Waals surface area contributed by atoms with Crippen molar-refractivity contribution in [2.75, 3.05) is 0 Å². The van der Waals surface area contributed by atoms with Crippen molar-refractivity contribution in [2.24, 2.45) is 0 Å². The van der Waals surface area contributed by atoms with Crippen LogP contribution in [0.4, 0.5) is 0 Å². The van der Waals surface area contributed by atoms with Crippen LogP contribution in [0.2, 0.25) is 0 Å². The van der Waals surface area contributed by atoms with Crippen molar-refractivity contribution >= 4 is 15.9 Å². The van der Waals surface area contributed by atoms with Crippen LogP contribution < -0.4 is 0 Å². The van der Waals surface area contributed by atoms with Crippen molar-refractivity contribution in [1.29, 1.82) is 0 Å². The third-order valence-electron chi connectivity index (χ3n) is 1.60. The molecule has 0 aliphatic heterocycles. The second kappa shape index (κ2) is 3.66. The molecule has 0 radical (unpaired) electrons. The molecule has 66 valence electrons. The van der Waals surface area contributed by atoms with Crippen LogP contribution in [0, 0.1) is 0 Å². The Morgan fingerprint density at radius 3 is 3.00 bits per heavy atom. The summed E-state index contributed by atoms with van der Waals surface area (Å²) < 4.78 is 1.84. The van der Waals surface area contributed by atoms with Gasteiger partial charge >= 0.3 is 0 Å². The van der Waals surface area contributed by atoms with Gasteiger partial charge in [-0.25, -0.2) is 4.98 Å². The SMILES string of the molecule is BrCc1cn(-c2cccnn2)cn1. The van der Waals surface area contributed by atoms with E-state index in [9.17, 15) is 0 Å². The molecule has 0 amide bonds. The standard InChI is InChI=1S/C8H7BrN4/c9-4-7-5-13(6-10-7)8-2-1-3-11-12-8/h1-3,5-6H,4H2. The van der Waals surface area contributed by atoms with Crippen LogP contribution in [0.1, 0.15) is 5.69 Å². The van der Waals surface area contributed by atoms with E-state index >= 15 is 0 Å². The highest BCUT2D eigenvalue weighted by atomic mass is 79.9. The third kappa shape index (κ3) is 1.75. The molecular weight excluding hydrogens is 232 g/mol. The van der Waals surface area contributed by atoms with E-state index in [4.69, 9.17) is 0 Å². The van der Waals surface area contributed by atoms with E-state index in [-0.39, 0.29) is 0 Å². The molecule has 2 aromatic heterocycles. The number of nitrogens with zero attached hydrogens (tertiary/aromatic N) is 4. The number of alkyl halides is 1. The van der Waals surface area contributed by atoms with Gasteiger partial charge in [0, 0.05) is 17.7 Å². The molecule has 0 aliphatic rings. The van der Waals surface area contributed by atoms with Crippen molar-refractivity contribution in [1.82, 2.24) is 19.7 Å². The topological polar surface area (TPSA) is 43.6 Å².